The monoisotopic (exact) mass is 419 g/mol. The average Bonchev–Trinajstić information content (AvgIpc) is 3.16. The van der Waals surface area contributed by atoms with Crippen LogP contribution in [-0.2, 0) is 17.1 Å². The molecule has 0 unspecified atom stereocenters. The lowest BCUT2D eigenvalue weighted by Crippen LogP contribution is -3.13. The highest BCUT2D eigenvalue weighted by molar-refractivity contribution is 7.99. The van der Waals surface area contributed by atoms with Crippen molar-refractivity contribution in [2.75, 3.05) is 38.7 Å². The number of halogens is 1. The number of ether oxygens (including phenoxy) is 2. The third kappa shape index (κ3) is 4.93. The van der Waals surface area contributed by atoms with Crippen LogP contribution in [0.15, 0.2) is 42.5 Å². The molecule has 0 aliphatic carbocycles. The highest BCUT2D eigenvalue weighted by atomic mass is 35.5. The number of carbonyl (C=O) groups is 1. The van der Waals surface area contributed by atoms with Crippen molar-refractivity contribution in [1.82, 2.24) is 4.90 Å². The van der Waals surface area contributed by atoms with Crippen molar-refractivity contribution in [2.24, 2.45) is 0 Å². The van der Waals surface area contributed by atoms with Crippen LogP contribution < -0.4 is 14.4 Å². The van der Waals surface area contributed by atoms with Crippen LogP contribution >= 0.6 is 23.4 Å². The number of quaternary nitrogens is 1. The third-order valence-electron chi connectivity index (χ3n) is 5.10. The van der Waals surface area contributed by atoms with Gasteiger partial charge in [0, 0.05) is 16.3 Å². The summed E-state index contributed by atoms with van der Waals surface area (Å²) in [5.41, 5.74) is 2.40. The number of hydrogen-bond donors (Lipinski definition) is 1. The van der Waals surface area contributed by atoms with Crippen molar-refractivity contribution < 1.29 is 19.2 Å². The van der Waals surface area contributed by atoms with Gasteiger partial charge in [-0.1, -0.05) is 23.7 Å². The van der Waals surface area contributed by atoms with Crippen molar-refractivity contribution in [3.8, 4) is 11.5 Å². The van der Waals surface area contributed by atoms with Crippen LogP contribution in [0.25, 0.3) is 0 Å². The molecule has 1 N–H and O–H groups in total. The predicted octanol–water partition coefficient (Wildman–Crippen LogP) is 2.23. The molecule has 2 heterocycles. The van der Waals surface area contributed by atoms with E-state index in [-0.39, 0.29) is 5.91 Å². The molecule has 1 amide bonds. The van der Waals surface area contributed by atoms with E-state index in [1.807, 2.05) is 35.2 Å². The highest BCUT2D eigenvalue weighted by Gasteiger charge is 2.24. The SMILES string of the molecule is O=C(CSCc1cccc(Cl)c1)N1CC[NH+](Cc2ccc3c(c2)OCO3)CC1. The molecule has 7 heteroatoms. The first-order valence-corrected chi connectivity index (χ1v) is 11.0. The number of piperazine rings is 1. The molecule has 1 fully saturated rings. The summed E-state index contributed by atoms with van der Waals surface area (Å²) in [6.45, 7) is 4.83. The molecule has 28 heavy (non-hydrogen) atoms. The van der Waals surface area contributed by atoms with Gasteiger partial charge < -0.3 is 19.3 Å². The lowest BCUT2D eigenvalue weighted by molar-refractivity contribution is -0.917. The van der Waals surface area contributed by atoms with Gasteiger partial charge in [-0.05, 0) is 35.9 Å². The molecular formula is C21H24ClN2O3S+. The number of nitrogens with one attached hydrogen (secondary N) is 1. The number of thioether (sulfide) groups is 1. The number of rotatable bonds is 6. The normalized spacial score (nSPS) is 16.4. The van der Waals surface area contributed by atoms with Gasteiger partial charge in [-0.15, -0.1) is 11.8 Å². The lowest BCUT2D eigenvalue weighted by atomic mass is 10.1. The van der Waals surface area contributed by atoms with E-state index in [2.05, 4.69) is 12.1 Å². The fraction of sp³-hybridized carbons (Fsp3) is 0.381. The van der Waals surface area contributed by atoms with Crippen molar-refractivity contribution in [1.29, 1.82) is 0 Å². The topological polar surface area (TPSA) is 43.2 Å². The Hall–Kier alpha value is -1.89. The molecule has 0 atom stereocenters. The Kier molecular flexibility index (Phi) is 6.29. The van der Waals surface area contributed by atoms with E-state index in [0.29, 0.717) is 12.5 Å². The highest BCUT2D eigenvalue weighted by Crippen LogP contribution is 2.32. The summed E-state index contributed by atoms with van der Waals surface area (Å²) in [4.78, 5) is 16.0. The molecule has 0 bridgehead atoms. The number of benzene rings is 2. The minimum Gasteiger partial charge on any atom is -0.454 e. The van der Waals surface area contributed by atoms with Crippen molar-refractivity contribution in [3.05, 3.63) is 58.6 Å². The van der Waals surface area contributed by atoms with Crippen LogP contribution in [0, 0.1) is 0 Å². The Morgan fingerprint density at radius 2 is 1.89 bits per heavy atom. The quantitative estimate of drug-likeness (QED) is 0.779. The summed E-state index contributed by atoms with van der Waals surface area (Å²) in [7, 11) is 0. The Morgan fingerprint density at radius 1 is 1.07 bits per heavy atom. The van der Waals surface area contributed by atoms with Crippen LogP contribution in [0.4, 0.5) is 0 Å². The zero-order chi connectivity index (χ0) is 19.3. The van der Waals surface area contributed by atoms with Gasteiger partial charge in [0.15, 0.2) is 11.5 Å². The largest absolute Gasteiger partial charge is 0.454 e. The van der Waals surface area contributed by atoms with Crippen molar-refractivity contribution in [2.45, 2.75) is 12.3 Å². The molecule has 4 rings (SSSR count). The van der Waals surface area contributed by atoms with Gasteiger partial charge in [0.05, 0.1) is 31.9 Å². The summed E-state index contributed by atoms with van der Waals surface area (Å²) in [6, 6.07) is 14.0. The van der Waals surface area contributed by atoms with E-state index < -0.39 is 0 Å². The number of amides is 1. The molecule has 0 saturated carbocycles. The molecule has 1 saturated heterocycles. The van der Waals surface area contributed by atoms with E-state index in [0.717, 1.165) is 60.6 Å². The molecule has 2 aromatic rings. The zero-order valence-electron chi connectivity index (χ0n) is 15.7. The summed E-state index contributed by atoms with van der Waals surface area (Å²) < 4.78 is 10.8. The van der Waals surface area contributed by atoms with Gasteiger partial charge in [-0.25, -0.2) is 0 Å². The van der Waals surface area contributed by atoms with Gasteiger partial charge in [-0.3, -0.25) is 4.79 Å². The second-order valence-electron chi connectivity index (χ2n) is 7.12. The Morgan fingerprint density at radius 3 is 2.71 bits per heavy atom. The average molecular weight is 420 g/mol. The summed E-state index contributed by atoms with van der Waals surface area (Å²) in [6.07, 6.45) is 0. The van der Waals surface area contributed by atoms with Crippen molar-refractivity contribution in [3.63, 3.8) is 0 Å². The molecular weight excluding hydrogens is 396 g/mol. The molecule has 0 spiro atoms. The summed E-state index contributed by atoms with van der Waals surface area (Å²) in [5, 5.41) is 0.742. The van der Waals surface area contributed by atoms with Crippen LogP contribution in [0.2, 0.25) is 5.02 Å². The number of nitrogens with zero attached hydrogens (tertiary/aromatic N) is 1. The first-order valence-electron chi connectivity index (χ1n) is 9.49. The zero-order valence-corrected chi connectivity index (χ0v) is 17.2. The first kappa shape index (κ1) is 19.4. The maximum absolute atomic E-state index is 12.5. The number of hydrogen-bond acceptors (Lipinski definition) is 4. The Bertz CT molecular complexity index is 840. The standard InChI is InChI=1S/C21H23ClN2O3S/c22-18-3-1-2-17(10-18)13-28-14-21(25)24-8-6-23(7-9-24)12-16-4-5-19-20(11-16)27-15-26-19/h1-5,10-11H,6-9,12-15H2/p+1. The van der Waals surface area contributed by atoms with E-state index in [1.54, 1.807) is 11.8 Å². The maximum Gasteiger partial charge on any atom is 0.232 e. The number of fused-ring (bicyclic) bond motifs is 1. The molecule has 0 radical (unpaired) electrons. The van der Waals surface area contributed by atoms with Gasteiger partial charge in [0.2, 0.25) is 12.7 Å². The molecule has 0 aromatic heterocycles. The fourth-order valence-electron chi connectivity index (χ4n) is 3.56. The van der Waals surface area contributed by atoms with Crippen LogP contribution in [-0.4, -0.2) is 49.5 Å². The lowest BCUT2D eigenvalue weighted by Gasteiger charge is -2.32. The van der Waals surface area contributed by atoms with E-state index in [9.17, 15) is 4.79 Å². The molecule has 2 aromatic carbocycles. The smallest absolute Gasteiger partial charge is 0.232 e. The van der Waals surface area contributed by atoms with Crippen LogP contribution in [0.5, 0.6) is 11.5 Å². The van der Waals surface area contributed by atoms with E-state index in [1.165, 1.54) is 10.5 Å². The van der Waals surface area contributed by atoms with Gasteiger partial charge in [0.1, 0.15) is 6.54 Å². The first-order chi connectivity index (χ1) is 13.7. The third-order valence-corrected chi connectivity index (χ3v) is 6.32. The minimum absolute atomic E-state index is 0.231. The van der Waals surface area contributed by atoms with E-state index >= 15 is 0 Å². The van der Waals surface area contributed by atoms with Gasteiger partial charge in [-0.2, -0.15) is 0 Å². The number of carbonyl (C=O) groups excluding carboxylic acids is 1. The molecule has 148 valence electrons. The summed E-state index contributed by atoms with van der Waals surface area (Å²) in [5.74, 6) is 3.21. The minimum atomic E-state index is 0.231. The van der Waals surface area contributed by atoms with E-state index in [4.69, 9.17) is 21.1 Å². The molecule has 2 aliphatic heterocycles. The second kappa shape index (κ2) is 9.07. The predicted molar refractivity (Wildman–Crippen MR) is 111 cm³/mol. The Balaban J connectivity index is 1.20. The van der Waals surface area contributed by atoms with Crippen molar-refractivity contribution >= 4 is 29.3 Å². The van der Waals surface area contributed by atoms with Gasteiger partial charge >= 0.3 is 0 Å². The molecule has 5 nitrogen and oxygen atoms in total. The maximum atomic E-state index is 12.5. The molecule has 2 aliphatic rings. The van der Waals surface area contributed by atoms with Crippen LogP contribution in [0.3, 0.4) is 0 Å². The second-order valence-corrected chi connectivity index (χ2v) is 8.54. The van der Waals surface area contributed by atoms with Crippen LogP contribution in [0.1, 0.15) is 11.1 Å². The Labute approximate surface area is 174 Å². The fourth-order valence-corrected chi connectivity index (χ4v) is 4.65. The van der Waals surface area contributed by atoms with Gasteiger partial charge in [0.25, 0.3) is 0 Å². The summed E-state index contributed by atoms with van der Waals surface area (Å²) >= 11 is 7.66.